The van der Waals surface area contributed by atoms with Gasteiger partial charge in [-0.1, -0.05) is 90.2 Å². The fraction of sp³-hybridized carbons (Fsp3) is 0.167. The number of aliphatic carboxylic acids is 1. The number of ether oxygens (including phenoxy) is 1. The first kappa shape index (κ1) is 23.9. The predicted octanol–water partition coefficient (Wildman–Crippen LogP) is 7.16. The average molecular weight is 524 g/mol. The van der Waals surface area contributed by atoms with Crippen LogP contribution < -0.4 is 5.32 Å². The van der Waals surface area contributed by atoms with E-state index in [1.54, 1.807) is 6.20 Å². The zero-order chi connectivity index (χ0) is 26.3. The fourth-order valence-electron chi connectivity index (χ4n) is 4.72. The number of rotatable bonds is 7. The Morgan fingerprint density at radius 1 is 0.974 bits per heavy atom. The highest BCUT2D eigenvalue weighted by Crippen LogP contribution is 2.48. The minimum atomic E-state index is -0.750. The van der Waals surface area contributed by atoms with Crippen LogP contribution in [0.3, 0.4) is 0 Å². The van der Waals surface area contributed by atoms with Crippen LogP contribution in [0.25, 0.3) is 26.5 Å². The lowest BCUT2D eigenvalue weighted by Gasteiger charge is -2.15. The summed E-state index contributed by atoms with van der Waals surface area (Å²) in [7, 11) is 0. The third-order valence-electron chi connectivity index (χ3n) is 7.11. The molecule has 3 aromatic carbocycles. The molecule has 2 N–H and O–H groups in total. The first-order valence-electron chi connectivity index (χ1n) is 12.4. The van der Waals surface area contributed by atoms with E-state index in [0.29, 0.717) is 18.7 Å². The molecule has 5 aromatic rings. The van der Waals surface area contributed by atoms with Gasteiger partial charge < -0.3 is 9.84 Å². The molecular formula is C30H25N3O4S. The summed E-state index contributed by atoms with van der Waals surface area (Å²) in [5.41, 5.74) is 4.04. The molecule has 8 heteroatoms. The van der Waals surface area contributed by atoms with E-state index >= 15 is 0 Å². The minimum Gasteiger partial charge on any atom is -0.481 e. The van der Waals surface area contributed by atoms with Gasteiger partial charge in [0.1, 0.15) is 11.9 Å². The Balaban J connectivity index is 1.23. The number of benzene rings is 3. The molecule has 0 saturated heterocycles. The van der Waals surface area contributed by atoms with Gasteiger partial charge in [0.05, 0.1) is 10.3 Å². The summed E-state index contributed by atoms with van der Waals surface area (Å²) in [5, 5.41) is 12.5. The smallest absolute Gasteiger partial charge is 0.413 e. The number of carboxylic acid groups (broad SMARTS) is 1. The Morgan fingerprint density at radius 3 is 2.24 bits per heavy atom. The quantitative estimate of drug-likeness (QED) is 0.236. The number of nitrogens with zero attached hydrogens (tertiary/aromatic N) is 2. The maximum Gasteiger partial charge on any atom is 0.413 e. The number of fused-ring (bicyclic) bond motifs is 1. The van der Waals surface area contributed by atoms with Crippen LogP contribution in [0.4, 0.5) is 10.6 Å². The Morgan fingerprint density at radius 2 is 1.61 bits per heavy atom. The monoisotopic (exact) mass is 523 g/mol. The molecule has 7 nitrogen and oxygen atoms in total. The summed E-state index contributed by atoms with van der Waals surface area (Å²) in [6.07, 6.45) is 3.95. The molecule has 2 aromatic heterocycles. The highest BCUT2D eigenvalue weighted by atomic mass is 32.1. The molecule has 0 radical (unpaired) electrons. The number of nitrogens with one attached hydrogen (secondary N) is 1. The summed E-state index contributed by atoms with van der Waals surface area (Å²) in [6.45, 7) is 1.84. The van der Waals surface area contributed by atoms with Crippen LogP contribution in [0.1, 0.15) is 37.0 Å². The first-order chi connectivity index (χ1) is 18.4. The van der Waals surface area contributed by atoms with Crippen LogP contribution in [0, 0.1) is 0 Å². The van der Waals surface area contributed by atoms with E-state index in [-0.39, 0.29) is 0 Å². The van der Waals surface area contributed by atoms with Gasteiger partial charge in [-0.2, -0.15) is 0 Å². The summed E-state index contributed by atoms with van der Waals surface area (Å²) in [5.74, 6) is -0.145. The van der Waals surface area contributed by atoms with E-state index in [4.69, 9.17) is 4.74 Å². The molecule has 1 aliphatic rings. The first-order valence-corrected chi connectivity index (χ1v) is 13.2. The standard InChI is InChI=1S/C30H25N3O4S/c1-19(20-5-3-2-4-6-20)37-29(36)32-26-25(38-28-31-17-18-33(26)28)23-9-7-21(8-10-23)22-11-13-24(14-12-22)30(15-16-30)27(34)35/h2-14,17-19H,15-16H2,1H3,(H,32,36)(H,34,35). The van der Waals surface area contributed by atoms with Crippen LogP contribution in [-0.2, 0) is 14.9 Å². The molecule has 1 aliphatic carbocycles. The highest BCUT2D eigenvalue weighted by molar-refractivity contribution is 7.21. The second kappa shape index (κ2) is 9.46. The van der Waals surface area contributed by atoms with Gasteiger partial charge in [0, 0.05) is 12.4 Å². The second-order valence-electron chi connectivity index (χ2n) is 9.48. The van der Waals surface area contributed by atoms with Gasteiger partial charge in [-0.05, 0) is 47.6 Å². The number of hydrogen-bond donors (Lipinski definition) is 2. The highest BCUT2D eigenvalue weighted by Gasteiger charge is 2.51. The van der Waals surface area contributed by atoms with Crippen molar-refractivity contribution in [2.24, 2.45) is 0 Å². The normalized spacial score (nSPS) is 14.7. The van der Waals surface area contributed by atoms with E-state index < -0.39 is 23.6 Å². The van der Waals surface area contributed by atoms with Crippen molar-refractivity contribution in [3.05, 3.63) is 102 Å². The number of carbonyl (C=O) groups excluding carboxylic acids is 1. The zero-order valence-electron chi connectivity index (χ0n) is 20.6. The van der Waals surface area contributed by atoms with E-state index in [1.165, 1.54) is 11.3 Å². The molecule has 2 heterocycles. The van der Waals surface area contributed by atoms with Crippen molar-refractivity contribution in [2.45, 2.75) is 31.3 Å². The second-order valence-corrected chi connectivity index (χ2v) is 10.5. The summed E-state index contributed by atoms with van der Waals surface area (Å²) < 4.78 is 7.48. The van der Waals surface area contributed by atoms with Gasteiger partial charge in [-0.15, -0.1) is 0 Å². The third-order valence-corrected chi connectivity index (χ3v) is 8.22. The number of imidazole rings is 1. The molecule has 0 bridgehead atoms. The molecule has 6 rings (SSSR count). The van der Waals surface area contributed by atoms with Crippen molar-refractivity contribution in [3.63, 3.8) is 0 Å². The number of amides is 1. The van der Waals surface area contributed by atoms with E-state index in [9.17, 15) is 14.7 Å². The van der Waals surface area contributed by atoms with Gasteiger partial charge in [0.15, 0.2) is 4.96 Å². The van der Waals surface area contributed by atoms with Crippen LogP contribution in [0.5, 0.6) is 0 Å². The van der Waals surface area contributed by atoms with E-state index in [0.717, 1.165) is 37.7 Å². The van der Waals surface area contributed by atoms with Gasteiger partial charge in [0.2, 0.25) is 0 Å². The topological polar surface area (TPSA) is 92.9 Å². The van der Waals surface area contributed by atoms with Gasteiger partial charge in [-0.25, -0.2) is 9.78 Å². The molecular weight excluding hydrogens is 498 g/mol. The Kier molecular flexibility index (Phi) is 5.96. The summed E-state index contributed by atoms with van der Waals surface area (Å²) >= 11 is 1.48. The van der Waals surface area contributed by atoms with Crippen LogP contribution in [0.2, 0.25) is 0 Å². The van der Waals surface area contributed by atoms with Crippen LogP contribution >= 0.6 is 11.3 Å². The lowest BCUT2D eigenvalue weighted by atomic mass is 9.93. The average Bonchev–Trinajstić information content (AvgIpc) is 3.52. The maximum absolute atomic E-state index is 12.8. The number of thiazole rings is 1. The lowest BCUT2D eigenvalue weighted by molar-refractivity contribution is -0.140. The largest absolute Gasteiger partial charge is 0.481 e. The Labute approximate surface area is 223 Å². The zero-order valence-corrected chi connectivity index (χ0v) is 21.4. The number of anilines is 1. The fourth-order valence-corrected chi connectivity index (χ4v) is 5.77. The van der Waals surface area contributed by atoms with Crippen LogP contribution in [-0.4, -0.2) is 26.6 Å². The summed E-state index contributed by atoms with van der Waals surface area (Å²) in [4.78, 5) is 30.5. The molecule has 38 heavy (non-hydrogen) atoms. The molecule has 1 unspecified atom stereocenters. The Bertz CT molecular complexity index is 1620. The van der Waals surface area contributed by atoms with E-state index in [1.807, 2.05) is 96.4 Å². The van der Waals surface area contributed by atoms with Crippen molar-refractivity contribution in [3.8, 4) is 21.6 Å². The van der Waals surface area contributed by atoms with Crippen LogP contribution in [0.15, 0.2) is 91.3 Å². The van der Waals surface area contributed by atoms with Crippen molar-refractivity contribution < 1.29 is 19.4 Å². The van der Waals surface area contributed by atoms with Gasteiger partial charge in [-0.3, -0.25) is 14.5 Å². The van der Waals surface area contributed by atoms with Gasteiger partial charge in [0.25, 0.3) is 0 Å². The SMILES string of the molecule is CC(OC(=O)Nc1c(-c2ccc(-c3ccc(C4(C(=O)O)CC4)cc3)cc2)sc2nccn12)c1ccccc1. The number of aromatic nitrogens is 2. The lowest BCUT2D eigenvalue weighted by Crippen LogP contribution is -2.19. The van der Waals surface area contributed by atoms with E-state index in [2.05, 4.69) is 10.3 Å². The number of carbonyl (C=O) groups is 2. The molecule has 0 spiro atoms. The minimum absolute atomic E-state index is 0.396. The molecule has 0 aliphatic heterocycles. The van der Waals surface area contributed by atoms with Crippen molar-refractivity contribution >= 4 is 34.2 Å². The van der Waals surface area contributed by atoms with Gasteiger partial charge >= 0.3 is 12.1 Å². The number of carboxylic acids is 1. The molecule has 1 amide bonds. The van der Waals surface area contributed by atoms with Crippen molar-refractivity contribution in [1.29, 1.82) is 0 Å². The third kappa shape index (κ3) is 4.33. The predicted molar refractivity (Wildman–Crippen MR) is 147 cm³/mol. The molecule has 1 fully saturated rings. The number of hydrogen-bond acceptors (Lipinski definition) is 5. The maximum atomic E-state index is 12.8. The molecule has 190 valence electrons. The van der Waals surface area contributed by atoms with Crippen molar-refractivity contribution in [1.82, 2.24) is 9.38 Å². The summed E-state index contributed by atoms with van der Waals surface area (Å²) in [6, 6.07) is 25.5. The molecule has 1 saturated carbocycles. The van der Waals surface area contributed by atoms with Crippen molar-refractivity contribution in [2.75, 3.05) is 5.32 Å². The Hall–Kier alpha value is -4.43. The molecule has 1 atom stereocenters.